The quantitative estimate of drug-likeness (QED) is 0.803. The van der Waals surface area contributed by atoms with Gasteiger partial charge in [0, 0.05) is 18.2 Å². The lowest BCUT2D eigenvalue weighted by Gasteiger charge is -2.13. The number of carbonyl (C=O) groups is 1. The van der Waals surface area contributed by atoms with Crippen LogP contribution in [0.2, 0.25) is 0 Å². The first-order chi connectivity index (χ1) is 11.4. The van der Waals surface area contributed by atoms with Crippen molar-refractivity contribution in [3.05, 3.63) is 48.0 Å². The van der Waals surface area contributed by atoms with Gasteiger partial charge in [0.25, 0.3) is 10.0 Å². The van der Waals surface area contributed by atoms with E-state index in [9.17, 15) is 13.2 Å². The van der Waals surface area contributed by atoms with Crippen LogP contribution in [0, 0.1) is 0 Å². The highest BCUT2D eigenvalue weighted by molar-refractivity contribution is 7.92. The number of carbonyl (C=O) groups excluding carboxylic acids is 1. The van der Waals surface area contributed by atoms with Gasteiger partial charge in [0.2, 0.25) is 0 Å². The smallest absolute Gasteiger partial charge is 0.339 e. The fourth-order valence-electron chi connectivity index (χ4n) is 2.06. The Kier molecular flexibility index (Phi) is 5.30. The zero-order valence-electron chi connectivity index (χ0n) is 13.4. The Balaban J connectivity index is 2.45. The van der Waals surface area contributed by atoms with Crippen molar-refractivity contribution in [2.24, 2.45) is 0 Å². The molecule has 24 heavy (non-hydrogen) atoms. The number of rotatable bonds is 6. The van der Waals surface area contributed by atoms with Gasteiger partial charge in [-0.1, -0.05) is 12.1 Å². The molecule has 0 saturated heterocycles. The summed E-state index contributed by atoms with van der Waals surface area (Å²) in [5.74, 6) is 0.112. The first-order valence-corrected chi connectivity index (χ1v) is 8.33. The molecule has 2 aromatic rings. The molecule has 0 unspecified atom stereocenters. The van der Waals surface area contributed by atoms with E-state index < -0.39 is 16.0 Å². The summed E-state index contributed by atoms with van der Waals surface area (Å²) < 4.78 is 42.5. The van der Waals surface area contributed by atoms with E-state index in [0.717, 1.165) is 0 Å². The second-order valence-electron chi connectivity index (χ2n) is 4.69. The van der Waals surface area contributed by atoms with Crippen LogP contribution in [0.4, 0.5) is 5.69 Å². The molecule has 2 rings (SSSR count). The molecule has 0 fully saturated rings. The number of methoxy groups -OCH3 is 3. The molecule has 0 saturated carbocycles. The van der Waals surface area contributed by atoms with Gasteiger partial charge in [-0.2, -0.15) is 0 Å². The molecule has 0 aromatic heterocycles. The first-order valence-electron chi connectivity index (χ1n) is 6.84. The van der Waals surface area contributed by atoms with Crippen LogP contribution in [0.1, 0.15) is 10.4 Å². The van der Waals surface area contributed by atoms with Crippen molar-refractivity contribution in [2.75, 3.05) is 26.1 Å². The van der Waals surface area contributed by atoms with Crippen molar-refractivity contribution in [2.45, 2.75) is 4.90 Å². The second-order valence-corrected chi connectivity index (χ2v) is 6.35. The van der Waals surface area contributed by atoms with Crippen LogP contribution in [0.15, 0.2) is 47.4 Å². The van der Waals surface area contributed by atoms with E-state index in [1.54, 1.807) is 12.1 Å². The Morgan fingerprint density at radius 1 is 0.958 bits per heavy atom. The average molecular weight is 351 g/mol. The summed E-state index contributed by atoms with van der Waals surface area (Å²) in [7, 11) is 0.0915. The summed E-state index contributed by atoms with van der Waals surface area (Å²) in [6.45, 7) is 0. The predicted octanol–water partition coefficient (Wildman–Crippen LogP) is 2.29. The van der Waals surface area contributed by atoms with Gasteiger partial charge in [-0.25, -0.2) is 13.2 Å². The van der Waals surface area contributed by atoms with E-state index in [4.69, 9.17) is 9.47 Å². The third kappa shape index (κ3) is 3.77. The molecule has 7 nitrogen and oxygen atoms in total. The van der Waals surface area contributed by atoms with E-state index >= 15 is 0 Å². The average Bonchev–Trinajstić information content (AvgIpc) is 2.60. The maximum absolute atomic E-state index is 12.6. The lowest BCUT2D eigenvalue weighted by atomic mass is 10.2. The van der Waals surface area contributed by atoms with Crippen LogP contribution >= 0.6 is 0 Å². The Morgan fingerprint density at radius 3 is 2.08 bits per heavy atom. The summed E-state index contributed by atoms with van der Waals surface area (Å²) >= 11 is 0. The van der Waals surface area contributed by atoms with Crippen molar-refractivity contribution in [3.8, 4) is 11.5 Å². The molecular formula is C16H17NO6S. The topological polar surface area (TPSA) is 90.9 Å². The molecule has 0 amide bonds. The van der Waals surface area contributed by atoms with Crippen molar-refractivity contribution in [1.29, 1.82) is 0 Å². The van der Waals surface area contributed by atoms with Crippen molar-refractivity contribution in [3.63, 3.8) is 0 Å². The van der Waals surface area contributed by atoms with Crippen molar-refractivity contribution >= 4 is 21.7 Å². The lowest BCUT2D eigenvalue weighted by Crippen LogP contribution is -2.17. The van der Waals surface area contributed by atoms with Crippen LogP contribution in [0.25, 0.3) is 0 Å². The minimum atomic E-state index is -4.01. The fraction of sp³-hybridized carbons (Fsp3) is 0.188. The first kappa shape index (κ1) is 17.6. The summed E-state index contributed by atoms with van der Waals surface area (Å²) in [5, 5.41) is 0. The van der Waals surface area contributed by atoms with Crippen LogP contribution < -0.4 is 14.2 Å². The summed E-state index contributed by atoms with van der Waals surface area (Å²) in [5.41, 5.74) is 0.188. The summed E-state index contributed by atoms with van der Waals surface area (Å²) in [4.78, 5) is 11.6. The molecule has 0 aliphatic carbocycles. The SMILES string of the molecule is COC(=O)c1ccccc1S(=O)(=O)Nc1cc(OC)cc(OC)c1. The number of hydrogen-bond acceptors (Lipinski definition) is 6. The molecule has 0 bridgehead atoms. The zero-order valence-corrected chi connectivity index (χ0v) is 14.2. The maximum atomic E-state index is 12.6. The number of benzene rings is 2. The Hall–Kier alpha value is -2.74. The van der Waals surface area contributed by atoms with Crippen molar-refractivity contribution in [1.82, 2.24) is 0 Å². The molecule has 0 aliphatic heterocycles. The monoisotopic (exact) mass is 351 g/mol. The van der Waals surface area contributed by atoms with Crippen LogP contribution in [-0.2, 0) is 14.8 Å². The van der Waals surface area contributed by atoms with Gasteiger partial charge in [-0.3, -0.25) is 4.72 Å². The van der Waals surface area contributed by atoms with Gasteiger partial charge in [-0.15, -0.1) is 0 Å². The molecule has 2 aromatic carbocycles. The highest BCUT2D eigenvalue weighted by Gasteiger charge is 2.23. The molecule has 128 valence electrons. The Labute approximate surface area is 140 Å². The van der Waals surface area contributed by atoms with E-state index in [2.05, 4.69) is 9.46 Å². The minimum Gasteiger partial charge on any atom is -0.497 e. The number of anilines is 1. The maximum Gasteiger partial charge on any atom is 0.339 e. The highest BCUT2D eigenvalue weighted by Crippen LogP contribution is 2.28. The van der Waals surface area contributed by atoms with E-state index in [-0.39, 0.29) is 16.1 Å². The van der Waals surface area contributed by atoms with Gasteiger partial charge in [-0.05, 0) is 12.1 Å². The van der Waals surface area contributed by atoms with Crippen LogP contribution in [-0.4, -0.2) is 35.7 Å². The minimum absolute atomic E-state index is 0.0534. The van der Waals surface area contributed by atoms with Crippen LogP contribution in [0.3, 0.4) is 0 Å². The predicted molar refractivity (Wildman–Crippen MR) is 88.1 cm³/mol. The van der Waals surface area contributed by atoms with Gasteiger partial charge in [0.05, 0.1) is 32.6 Å². The van der Waals surface area contributed by atoms with Gasteiger partial charge >= 0.3 is 5.97 Å². The Morgan fingerprint density at radius 2 is 1.54 bits per heavy atom. The number of sulfonamides is 1. The molecule has 0 spiro atoms. The van der Waals surface area contributed by atoms with Crippen molar-refractivity contribution < 1.29 is 27.4 Å². The molecule has 0 radical (unpaired) electrons. The van der Waals surface area contributed by atoms with E-state index in [1.165, 1.54) is 51.7 Å². The number of esters is 1. The second kappa shape index (κ2) is 7.22. The summed E-state index contributed by atoms with van der Waals surface area (Å²) in [6, 6.07) is 10.4. The molecule has 0 heterocycles. The van der Waals surface area contributed by atoms with Gasteiger partial charge < -0.3 is 14.2 Å². The molecule has 1 N–H and O–H groups in total. The standard InChI is InChI=1S/C16H17NO6S/c1-21-12-8-11(9-13(10-12)22-2)17-24(19,20)15-7-5-4-6-14(15)16(18)23-3/h4-10,17H,1-3H3. The van der Waals surface area contributed by atoms with E-state index in [1.807, 2.05) is 0 Å². The van der Waals surface area contributed by atoms with Gasteiger partial charge in [0.15, 0.2) is 0 Å². The molecule has 0 atom stereocenters. The third-order valence-corrected chi connectivity index (χ3v) is 4.63. The molecule has 8 heteroatoms. The van der Waals surface area contributed by atoms with Crippen LogP contribution in [0.5, 0.6) is 11.5 Å². The Bertz CT molecular complexity index is 825. The fourth-order valence-corrected chi connectivity index (χ4v) is 3.29. The normalized spacial score (nSPS) is 10.8. The lowest BCUT2D eigenvalue weighted by molar-refractivity contribution is 0.0596. The number of nitrogens with one attached hydrogen (secondary N) is 1. The zero-order chi connectivity index (χ0) is 17.7. The van der Waals surface area contributed by atoms with Gasteiger partial charge in [0.1, 0.15) is 16.4 Å². The number of hydrogen-bond donors (Lipinski definition) is 1. The highest BCUT2D eigenvalue weighted by atomic mass is 32.2. The molecule has 0 aliphatic rings. The largest absolute Gasteiger partial charge is 0.497 e. The third-order valence-electron chi connectivity index (χ3n) is 3.19. The number of ether oxygens (including phenoxy) is 3. The van der Waals surface area contributed by atoms with E-state index in [0.29, 0.717) is 11.5 Å². The molecular weight excluding hydrogens is 334 g/mol. The summed E-state index contributed by atoms with van der Waals surface area (Å²) in [6.07, 6.45) is 0.